The van der Waals surface area contributed by atoms with Crippen LogP contribution in [0.4, 0.5) is 4.39 Å². The van der Waals surface area contributed by atoms with Crippen molar-refractivity contribution in [2.75, 3.05) is 26.2 Å². The van der Waals surface area contributed by atoms with Crippen LogP contribution in [0.3, 0.4) is 0 Å². The summed E-state index contributed by atoms with van der Waals surface area (Å²) < 4.78 is 12.9. The average Bonchev–Trinajstić information content (AvgIpc) is 2.50. The molecule has 116 valence electrons. The Hall–Kier alpha value is -0.930. The number of piperazine rings is 1. The molecule has 0 unspecified atom stereocenters. The molecule has 0 amide bonds. The van der Waals surface area contributed by atoms with E-state index >= 15 is 0 Å². The minimum atomic E-state index is -0.130. The van der Waals surface area contributed by atoms with Crippen molar-refractivity contribution < 1.29 is 14.2 Å². The predicted octanol–water partition coefficient (Wildman–Crippen LogP) is 0.688. The normalized spacial score (nSPS) is 33.8. The van der Waals surface area contributed by atoms with Crippen molar-refractivity contribution in [3.8, 4) is 0 Å². The second-order valence-corrected chi connectivity index (χ2v) is 7.18. The summed E-state index contributed by atoms with van der Waals surface area (Å²) in [5.74, 6) is 0.801. The van der Waals surface area contributed by atoms with Crippen molar-refractivity contribution in [1.29, 1.82) is 0 Å². The second-order valence-electron chi connectivity index (χ2n) is 7.18. The van der Waals surface area contributed by atoms with Gasteiger partial charge in [-0.15, -0.1) is 0 Å². The minimum absolute atomic E-state index is 0.130. The molecule has 21 heavy (non-hydrogen) atoms. The fourth-order valence-electron chi connectivity index (χ4n) is 4.21. The summed E-state index contributed by atoms with van der Waals surface area (Å²) in [5.41, 5.74) is 1.26. The van der Waals surface area contributed by atoms with Gasteiger partial charge < -0.3 is 9.80 Å². The molecule has 2 aliphatic rings. The molecular formula is C18H29FN2+2. The lowest BCUT2D eigenvalue weighted by Gasteiger charge is -2.37. The van der Waals surface area contributed by atoms with Gasteiger partial charge in [-0.1, -0.05) is 25.5 Å². The molecule has 2 fully saturated rings. The number of hydrogen-bond acceptors (Lipinski definition) is 0. The molecule has 2 N–H and O–H groups in total. The van der Waals surface area contributed by atoms with E-state index in [0.717, 1.165) is 18.5 Å². The Morgan fingerprint density at radius 2 is 1.76 bits per heavy atom. The lowest BCUT2D eigenvalue weighted by Crippen LogP contribution is -3.29. The number of quaternary nitrogens is 2. The summed E-state index contributed by atoms with van der Waals surface area (Å²) in [7, 11) is 0. The van der Waals surface area contributed by atoms with Gasteiger partial charge in [-0.3, -0.25) is 0 Å². The molecule has 0 radical (unpaired) electrons. The molecule has 2 nitrogen and oxygen atoms in total. The highest BCUT2D eigenvalue weighted by Gasteiger charge is 2.32. The molecule has 1 aliphatic heterocycles. The molecule has 1 heterocycles. The third-order valence-corrected chi connectivity index (χ3v) is 5.48. The minimum Gasteiger partial charge on any atom is -0.323 e. The first kappa shape index (κ1) is 15.0. The monoisotopic (exact) mass is 292 g/mol. The van der Waals surface area contributed by atoms with Crippen LogP contribution in [-0.2, 0) is 6.54 Å². The lowest BCUT2D eigenvalue weighted by molar-refractivity contribution is -1.03. The summed E-state index contributed by atoms with van der Waals surface area (Å²) in [6.07, 6.45) is 5.74. The second kappa shape index (κ2) is 6.89. The Labute approximate surface area is 127 Å². The topological polar surface area (TPSA) is 8.88 Å². The molecule has 1 saturated carbocycles. The molecule has 0 bridgehead atoms. The SMILES string of the molecule is C[C@H]1CCC[C@H]([NH+]2CC[NH+](Cc3ccc(F)cc3)CC2)C1. The van der Waals surface area contributed by atoms with Gasteiger partial charge in [0.25, 0.3) is 0 Å². The molecule has 3 heteroatoms. The van der Waals surface area contributed by atoms with Gasteiger partial charge in [0.15, 0.2) is 0 Å². The van der Waals surface area contributed by atoms with Gasteiger partial charge in [-0.25, -0.2) is 4.39 Å². The van der Waals surface area contributed by atoms with E-state index in [2.05, 4.69) is 6.92 Å². The van der Waals surface area contributed by atoms with Crippen LogP contribution in [0.5, 0.6) is 0 Å². The standard InChI is InChI=1S/C18H27FN2/c1-15-3-2-4-18(13-15)21-11-9-20(10-12-21)14-16-5-7-17(19)8-6-16/h5-8,15,18H,2-4,9-14H2,1H3/p+2/t15-,18-/m0/s1. The van der Waals surface area contributed by atoms with E-state index in [1.54, 1.807) is 17.0 Å². The molecule has 1 saturated heterocycles. The van der Waals surface area contributed by atoms with Crippen molar-refractivity contribution in [1.82, 2.24) is 0 Å². The van der Waals surface area contributed by atoms with Crippen LogP contribution < -0.4 is 9.80 Å². The maximum atomic E-state index is 12.9. The molecule has 3 rings (SSSR count). The molecule has 0 aromatic heterocycles. The summed E-state index contributed by atoms with van der Waals surface area (Å²) in [6.45, 7) is 8.62. The smallest absolute Gasteiger partial charge is 0.127 e. The van der Waals surface area contributed by atoms with E-state index in [0.29, 0.717) is 0 Å². The summed E-state index contributed by atoms with van der Waals surface area (Å²) in [6, 6.07) is 7.95. The van der Waals surface area contributed by atoms with Crippen LogP contribution in [0.25, 0.3) is 0 Å². The maximum absolute atomic E-state index is 12.9. The van der Waals surface area contributed by atoms with Crippen LogP contribution in [0.15, 0.2) is 24.3 Å². The van der Waals surface area contributed by atoms with Gasteiger partial charge in [0.1, 0.15) is 38.5 Å². The van der Waals surface area contributed by atoms with E-state index in [1.807, 2.05) is 17.0 Å². The fraction of sp³-hybridized carbons (Fsp3) is 0.667. The number of rotatable bonds is 3. The molecule has 1 aliphatic carbocycles. The number of hydrogen-bond donors (Lipinski definition) is 2. The zero-order valence-corrected chi connectivity index (χ0v) is 13.2. The average molecular weight is 292 g/mol. The summed E-state index contributed by atoms with van der Waals surface area (Å²) >= 11 is 0. The van der Waals surface area contributed by atoms with Crippen LogP contribution in [0, 0.1) is 11.7 Å². The zero-order valence-electron chi connectivity index (χ0n) is 13.2. The molecule has 1 aromatic carbocycles. The highest BCUT2D eigenvalue weighted by atomic mass is 19.1. The number of benzene rings is 1. The maximum Gasteiger partial charge on any atom is 0.127 e. The van der Waals surface area contributed by atoms with Crippen LogP contribution >= 0.6 is 0 Å². The Kier molecular flexibility index (Phi) is 4.91. The Morgan fingerprint density at radius 3 is 2.43 bits per heavy atom. The van der Waals surface area contributed by atoms with Gasteiger partial charge in [-0.05, 0) is 30.9 Å². The van der Waals surface area contributed by atoms with Crippen molar-refractivity contribution in [3.63, 3.8) is 0 Å². The van der Waals surface area contributed by atoms with Gasteiger partial charge in [0.2, 0.25) is 0 Å². The number of nitrogens with one attached hydrogen (secondary N) is 2. The Balaban J connectivity index is 1.47. The first-order valence-electron chi connectivity index (χ1n) is 8.63. The lowest BCUT2D eigenvalue weighted by atomic mass is 9.86. The van der Waals surface area contributed by atoms with Crippen molar-refractivity contribution in [3.05, 3.63) is 35.6 Å². The van der Waals surface area contributed by atoms with Crippen molar-refractivity contribution in [2.24, 2.45) is 5.92 Å². The Bertz CT molecular complexity index is 437. The largest absolute Gasteiger partial charge is 0.323 e. The third-order valence-electron chi connectivity index (χ3n) is 5.48. The number of halogens is 1. The van der Waals surface area contributed by atoms with Crippen LogP contribution in [0.1, 0.15) is 38.2 Å². The van der Waals surface area contributed by atoms with E-state index in [-0.39, 0.29) is 5.82 Å². The van der Waals surface area contributed by atoms with Gasteiger partial charge >= 0.3 is 0 Å². The van der Waals surface area contributed by atoms with Crippen LogP contribution in [-0.4, -0.2) is 32.2 Å². The van der Waals surface area contributed by atoms with Crippen molar-refractivity contribution in [2.45, 2.75) is 45.2 Å². The summed E-state index contributed by atoms with van der Waals surface area (Å²) in [5, 5.41) is 0. The zero-order chi connectivity index (χ0) is 14.7. The molecule has 0 spiro atoms. The van der Waals surface area contributed by atoms with Gasteiger partial charge in [-0.2, -0.15) is 0 Å². The van der Waals surface area contributed by atoms with E-state index in [4.69, 9.17) is 0 Å². The quantitative estimate of drug-likeness (QED) is 0.811. The third kappa shape index (κ3) is 4.04. The van der Waals surface area contributed by atoms with E-state index < -0.39 is 0 Å². The van der Waals surface area contributed by atoms with E-state index in [9.17, 15) is 4.39 Å². The molecule has 1 aromatic rings. The first-order chi connectivity index (χ1) is 10.2. The first-order valence-corrected chi connectivity index (χ1v) is 8.63. The van der Waals surface area contributed by atoms with E-state index in [1.165, 1.54) is 57.4 Å². The highest BCUT2D eigenvalue weighted by Crippen LogP contribution is 2.21. The fourth-order valence-corrected chi connectivity index (χ4v) is 4.21. The van der Waals surface area contributed by atoms with Crippen molar-refractivity contribution >= 4 is 0 Å². The van der Waals surface area contributed by atoms with Gasteiger partial charge in [0, 0.05) is 12.0 Å². The molecule has 2 atom stereocenters. The van der Waals surface area contributed by atoms with Crippen LogP contribution in [0.2, 0.25) is 0 Å². The Morgan fingerprint density at radius 1 is 1.05 bits per heavy atom. The summed E-state index contributed by atoms with van der Waals surface area (Å²) in [4.78, 5) is 3.51. The molecular weight excluding hydrogens is 263 g/mol. The van der Waals surface area contributed by atoms with Gasteiger partial charge in [0.05, 0.1) is 6.04 Å². The highest BCUT2D eigenvalue weighted by molar-refractivity contribution is 5.14. The predicted molar refractivity (Wildman–Crippen MR) is 82.9 cm³/mol.